The molecule has 6 heteroatoms. The zero-order valence-corrected chi connectivity index (χ0v) is 13.0. The van der Waals surface area contributed by atoms with Gasteiger partial charge in [-0.05, 0) is 42.3 Å². The highest BCUT2D eigenvalue weighted by atomic mass is 32.2. The molecule has 2 heterocycles. The van der Waals surface area contributed by atoms with Gasteiger partial charge in [0.05, 0.1) is 5.52 Å². The molecule has 1 aliphatic carbocycles. The number of aromatic nitrogens is 3. The first-order valence-electron chi connectivity index (χ1n) is 6.94. The zero-order valence-electron chi connectivity index (χ0n) is 11.3. The number of hydrogen-bond acceptors (Lipinski definition) is 6. The van der Waals surface area contributed by atoms with Crippen molar-refractivity contribution in [3.05, 3.63) is 41.4 Å². The molecule has 0 unspecified atom stereocenters. The molecule has 0 bridgehead atoms. The number of rotatable bonds is 5. The SMILES string of the molecule is c1ccc2nc(Sc3nncs3)c(CNC3CC3)cc2c1. The van der Waals surface area contributed by atoms with Gasteiger partial charge in [0.15, 0.2) is 4.34 Å². The van der Waals surface area contributed by atoms with E-state index in [1.54, 1.807) is 28.6 Å². The van der Waals surface area contributed by atoms with E-state index in [0.29, 0.717) is 6.04 Å². The van der Waals surface area contributed by atoms with Gasteiger partial charge in [-0.15, -0.1) is 10.2 Å². The molecular weight excluding hydrogens is 300 g/mol. The van der Waals surface area contributed by atoms with Crippen molar-refractivity contribution in [3.8, 4) is 0 Å². The number of benzene rings is 1. The van der Waals surface area contributed by atoms with Gasteiger partial charge in [-0.25, -0.2) is 4.98 Å². The highest BCUT2D eigenvalue weighted by Crippen LogP contribution is 2.32. The minimum atomic E-state index is 0.691. The van der Waals surface area contributed by atoms with Crippen molar-refractivity contribution >= 4 is 34.0 Å². The fraction of sp³-hybridized carbons (Fsp3) is 0.267. The normalized spacial score (nSPS) is 14.7. The molecule has 0 atom stereocenters. The van der Waals surface area contributed by atoms with E-state index >= 15 is 0 Å². The van der Waals surface area contributed by atoms with Crippen LogP contribution in [0.3, 0.4) is 0 Å². The minimum absolute atomic E-state index is 0.691. The van der Waals surface area contributed by atoms with Gasteiger partial charge in [-0.3, -0.25) is 0 Å². The molecule has 1 N–H and O–H groups in total. The Labute approximate surface area is 131 Å². The van der Waals surface area contributed by atoms with Crippen LogP contribution in [0.1, 0.15) is 18.4 Å². The predicted molar refractivity (Wildman–Crippen MR) is 85.6 cm³/mol. The summed E-state index contributed by atoms with van der Waals surface area (Å²) in [5, 5.41) is 13.8. The van der Waals surface area contributed by atoms with E-state index in [1.807, 2.05) is 6.07 Å². The van der Waals surface area contributed by atoms with Crippen LogP contribution < -0.4 is 5.32 Å². The van der Waals surface area contributed by atoms with Crippen LogP contribution >= 0.6 is 23.1 Å². The Morgan fingerprint density at radius 1 is 1.29 bits per heavy atom. The molecule has 4 nitrogen and oxygen atoms in total. The van der Waals surface area contributed by atoms with Gasteiger partial charge in [0.1, 0.15) is 10.5 Å². The Morgan fingerprint density at radius 2 is 2.19 bits per heavy atom. The second kappa shape index (κ2) is 5.71. The van der Waals surface area contributed by atoms with Gasteiger partial charge in [0.2, 0.25) is 0 Å². The Balaban J connectivity index is 1.70. The van der Waals surface area contributed by atoms with Crippen LogP contribution in [0.2, 0.25) is 0 Å². The largest absolute Gasteiger partial charge is 0.310 e. The molecule has 0 radical (unpaired) electrons. The van der Waals surface area contributed by atoms with Gasteiger partial charge in [-0.1, -0.05) is 29.5 Å². The van der Waals surface area contributed by atoms with Crippen LogP contribution in [0.4, 0.5) is 0 Å². The number of nitrogens with zero attached hydrogens (tertiary/aromatic N) is 3. The van der Waals surface area contributed by atoms with Crippen LogP contribution in [0.25, 0.3) is 10.9 Å². The first-order valence-corrected chi connectivity index (χ1v) is 8.64. The summed E-state index contributed by atoms with van der Waals surface area (Å²) in [6.07, 6.45) is 2.58. The predicted octanol–water partition coefficient (Wildman–Crippen LogP) is 3.49. The van der Waals surface area contributed by atoms with E-state index < -0.39 is 0 Å². The molecule has 106 valence electrons. The van der Waals surface area contributed by atoms with Crippen LogP contribution in [-0.2, 0) is 6.54 Å². The molecule has 0 aliphatic heterocycles. The lowest BCUT2D eigenvalue weighted by Gasteiger charge is -2.10. The molecule has 0 saturated heterocycles. The molecule has 3 aromatic rings. The average Bonchev–Trinajstić information content (AvgIpc) is 3.20. The van der Waals surface area contributed by atoms with Gasteiger partial charge in [0.25, 0.3) is 0 Å². The first kappa shape index (κ1) is 13.2. The third kappa shape index (κ3) is 3.07. The van der Waals surface area contributed by atoms with Crippen molar-refractivity contribution < 1.29 is 0 Å². The lowest BCUT2D eigenvalue weighted by Crippen LogP contribution is -2.16. The van der Waals surface area contributed by atoms with E-state index in [4.69, 9.17) is 4.98 Å². The molecule has 1 aromatic carbocycles. The lowest BCUT2D eigenvalue weighted by atomic mass is 10.1. The first-order chi connectivity index (χ1) is 10.4. The van der Waals surface area contributed by atoms with Crippen molar-refractivity contribution in [2.75, 3.05) is 0 Å². The maximum absolute atomic E-state index is 4.81. The van der Waals surface area contributed by atoms with Gasteiger partial charge < -0.3 is 5.32 Å². The monoisotopic (exact) mass is 314 g/mol. The van der Waals surface area contributed by atoms with Crippen LogP contribution in [0.15, 0.2) is 45.2 Å². The fourth-order valence-electron chi connectivity index (χ4n) is 2.19. The lowest BCUT2D eigenvalue weighted by molar-refractivity contribution is 0.677. The standard InChI is InChI=1S/C15H14N4S2/c1-2-4-13-10(3-1)7-11(8-16-12-5-6-12)14(18-13)21-15-19-17-9-20-15/h1-4,7,9,12,16H,5-6,8H2. The Bertz CT molecular complexity index is 753. The second-order valence-corrected chi connectivity index (χ2v) is 7.18. The third-order valence-corrected chi connectivity index (χ3v) is 5.27. The average molecular weight is 314 g/mol. The van der Waals surface area contributed by atoms with Crippen molar-refractivity contribution in [1.82, 2.24) is 20.5 Å². The summed E-state index contributed by atoms with van der Waals surface area (Å²) in [4.78, 5) is 4.81. The number of nitrogens with one attached hydrogen (secondary N) is 1. The molecule has 1 saturated carbocycles. The quantitative estimate of drug-likeness (QED) is 0.781. The molecule has 1 fully saturated rings. The minimum Gasteiger partial charge on any atom is -0.310 e. The van der Waals surface area contributed by atoms with E-state index in [0.717, 1.165) is 21.4 Å². The molecule has 2 aromatic heterocycles. The number of para-hydroxylation sites is 1. The highest BCUT2D eigenvalue weighted by Gasteiger charge is 2.21. The molecular formula is C15H14N4S2. The van der Waals surface area contributed by atoms with E-state index in [1.165, 1.54) is 23.8 Å². The van der Waals surface area contributed by atoms with Gasteiger partial charge in [-0.2, -0.15) is 0 Å². The number of fused-ring (bicyclic) bond motifs is 1. The van der Waals surface area contributed by atoms with Crippen molar-refractivity contribution in [3.63, 3.8) is 0 Å². The number of pyridine rings is 1. The fourth-order valence-corrected chi connectivity index (χ4v) is 3.69. The van der Waals surface area contributed by atoms with Crippen LogP contribution in [-0.4, -0.2) is 21.2 Å². The summed E-state index contributed by atoms with van der Waals surface area (Å²) in [5.41, 5.74) is 4.02. The third-order valence-electron chi connectivity index (χ3n) is 3.45. The summed E-state index contributed by atoms with van der Waals surface area (Å²) in [6, 6.07) is 11.2. The van der Waals surface area contributed by atoms with E-state index in [-0.39, 0.29) is 0 Å². The maximum Gasteiger partial charge on any atom is 0.180 e. The maximum atomic E-state index is 4.81. The smallest absolute Gasteiger partial charge is 0.180 e. The number of hydrogen-bond donors (Lipinski definition) is 1. The van der Waals surface area contributed by atoms with E-state index in [2.05, 4.69) is 39.8 Å². The Hall–Kier alpha value is -1.50. The summed E-state index contributed by atoms with van der Waals surface area (Å²) in [6.45, 7) is 0.865. The molecule has 4 rings (SSSR count). The zero-order chi connectivity index (χ0) is 14.1. The van der Waals surface area contributed by atoms with Crippen molar-refractivity contribution in [1.29, 1.82) is 0 Å². The summed E-state index contributed by atoms with van der Waals surface area (Å²) >= 11 is 3.15. The Kier molecular flexibility index (Phi) is 3.58. The summed E-state index contributed by atoms with van der Waals surface area (Å²) in [5.74, 6) is 0. The summed E-state index contributed by atoms with van der Waals surface area (Å²) < 4.78 is 0.936. The summed E-state index contributed by atoms with van der Waals surface area (Å²) in [7, 11) is 0. The van der Waals surface area contributed by atoms with Gasteiger partial charge in [0, 0.05) is 18.0 Å². The molecule has 1 aliphatic rings. The van der Waals surface area contributed by atoms with E-state index in [9.17, 15) is 0 Å². The van der Waals surface area contributed by atoms with Crippen molar-refractivity contribution in [2.24, 2.45) is 0 Å². The highest BCUT2D eigenvalue weighted by molar-refractivity contribution is 8.01. The molecule has 21 heavy (non-hydrogen) atoms. The molecule has 0 spiro atoms. The topological polar surface area (TPSA) is 50.7 Å². The van der Waals surface area contributed by atoms with Crippen molar-refractivity contribution in [2.45, 2.75) is 34.8 Å². The van der Waals surface area contributed by atoms with Crippen LogP contribution in [0.5, 0.6) is 0 Å². The Morgan fingerprint density at radius 3 is 3.00 bits per heavy atom. The molecule has 0 amide bonds. The van der Waals surface area contributed by atoms with Crippen LogP contribution in [0, 0.1) is 0 Å². The van der Waals surface area contributed by atoms with Gasteiger partial charge >= 0.3 is 0 Å². The second-order valence-electron chi connectivity index (χ2n) is 5.11.